The summed E-state index contributed by atoms with van der Waals surface area (Å²) >= 11 is 0. The van der Waals surface area contributed by atoms with Crippen LogP contribution in [0, 0.1) is 0 Å². The molecule has 0 aromatic carbocycles. The fourth-order valence-electron chi connectivity index (χ4n) is 2.44. The number of nitrogens with two attached hydrogens (primary N) is 1. The Bertz CT molecular complexity index is 229. The second kappa shape index (κ2) is 7.40. The number of methoxy groups -OCH3 is 1. The lowest BCUT2D eigenvalue weighted by Gasteiger charge is -2.45. The summed E-state index contributed by atoms with van der Waals surface area (Å²) in [5.74, 6) is 0. The maximum Gasteiger partial charge on any atom is 0.0656 e. The van der Waals surface area contributed by atoms with Crippen molar-refractivity contribution in [3.63, 3.8) is 0 Å². The van der Waals surface area contributed by atoms with Gasteiger partial charge in [0.05, 0.1) is 12.1 Å². The van der Waals surface area contributed by atoms with E-state index < -0.39 is 0 Å². The van der Waals surface area contributed by atoms with Crippen LogP contribution < -0.4 is 5.73 Å². The van der Waals surface area contributed by atoms with E-state index >= 15 is 0 Å². The smallest absolute Gasteiger partial charge is 0.0656 e. The van der Waals surface area contributed by atoms with Gasteiger partial charge in [0.2, 0.25) is 0 Å². The second-order valence-corrected chi connectivity index (χ2v) is 5.77. The zero-order valence-electron chi connectivity index (χ0n) is 12.5. The number of ether oxygens (including phenoxy) is 1. The van der Waals surface area contributed by atoms with Crippen LogP contribution in [0.3, 0.4) is 0 Å². The standard InChI is InChI=1S/C13H30N4O/c1-13(11-14,12-18-4)17-9-7-16(8-10-17)6-5-15(2)3/h5-12,14H2,1-4H3. The molecule has 0 bridgehead atoms. The normalized spacial score (nSPS) is 22.3. The first kappa shape index (κ1) is 15.9. The van der Waals surface area contributed by atoms with Gasteiger partial charge in [0.1, 0.15) is 0 Å². The Kier molecular flexibility index (Phi) is 6.52. The third kappa shape index (κ3) is 4.48. The third-order valence-electron chi connectivity index (χ3n) is 3.89. The summed E-state index contributed by atoms with van der Waals surface area (Å²) in [5, 5.41) is 0. The Morgan fingerprint density at radius 1 is 1.22 bits per heavy atom. The molecule has 1 aliphatic heterocycles. The number of nitrogens with zero attached hydrogens (tertiary/aromatic N) is 3. The van der Waals surface area contributed by atoms with Gasteiger partial charge in [-0.3, -0.25) is 9.80 Å². The van der Waals surface area contributed by atoms with Gasteiger partial charge in [0.15, 0.2) is 0 Å². The van der Waals surface area contributed by atoms with E-state index in [0.29, 0.717) is 13.2 Å². The largest absolute Gasteiger partial charge is 0.383 e. The lowest BCUT2D eigenvalue weighted by molar-refractivity contribution is -0.00389. The number of piperazine rings is 1. The maximum atomic E-state index is 5.92. The lowest BCUT2D eigenvalue weighted by Crippen LogP contribution is -2.61. The predicted molar refractivity (Wildman–Crippen MR) is 75.9 cm³/mol. The quantitative estimate of drug-likeness (QED) is 0.669. The molecule has 1 unspecified atom stereocenters. The molecule has 0 aromatic heterocycles. The predicted octanol–water partition coefficient (Wildman–Crippen LogP) is -0.471. The average Bonchev–Trinajstić information content (AvgIpc) is 2.37. The van der Waals surface area contributed by atoms with Gasteiger partial charge in [0, 0.05) is 52.9 Å². The van der Waals surface area contributed by atoms with E-state index in [1.54, 1.807) is 7.11 Å². The molecule has 1 atom stereocenters. The van der Waals surface area contributed by atoms with E-state index in [0.717, 1.165) is 39.3 Å². The molecule has 0 saturated carbocycles. The fraction of sp³-hybridized carbons (Fsp3) is 1.00. The van der Waals surface area contributed by atoms with Crippen LogP contribution >= 0.6 is 0 Å². The number of hydrogen-bond donors (Lipinski definition) is 1. The molecule has 108 valence electrons. The summed E-state index contributed by atoms with van der Waals surface area (Å²) < 4.78 is 5.31. The first-order valence-corrected chi connectivity index (χ1v) is 6.83. The fourth-order valence-corrected chi connectivity index (χ4v) is 2.44. The molecule has 0 amide bonds. The van der Waals surface area contributed by atoms with Crippen molar-refractivity contribution in [1.29, 1.82) is 0 Å². The summed E-state index contributed by atoms with van der Waals surface area (Å²) in [7, 11) is 6.00. The molecule has 0 radical (unpaired) electrons. The zero-order chi connectivity index (χ0) is 13.6. The van der Waals surface area contributed by atoms with Crippen molar-refractivity contribution in [3.8, 4) is 0 Å². The SMILES string of the molecule is COCC(C)(CN)N1CCN(CCN(C)C)CC1. The minimum absolute atomic E-state index is 0.0115. The van der Waals surface area contributed by atoms with Crippen molar-refractivity contribution in [2.75, 3.05) is 73.6 Å². The van der Waals surface area contributed by atoms with E-state index in [-0.39, 0.29) is 5.54 Å². The summed E-state index contributed by atoms with van der Waals surface area (Å²) in [4.78, 5) is 7.24. The maximum absolute atomic E-state index is 5.92. The number of hydrogen-bond acceptors (Lipinski definition) is 5. The Balaban J connectivity index is 2.38. The van der Waals surface area contributed by atoms with E-state index in [4.69, 9.17) is 10.5 Å². The molecular weight excluding hydrogens is 228 g/mol. The molecule has 5 heteroatoms. The van der Waals surface area contributed by atoms with Gasteiger partial charge < -0.3 is 15.4 Å². The molecule has 1 saturated heterocycles. The Labute approximate surface area is 112 Å². The number of likely N-dealkylation sites (N-methyl/N-ethyl adjacent to an activating group) is 1. The van der Waals surface area contributed by atoms with Gasteiger partial charge >= 0.3 is 0 Å². The van der Waals surface area contributed by atoms with E-state index in [1.807, 2.05) is 0 Å². The summed E-state index contributed by atoms with van der Waals surface area (Å²) in [5.41, 5.74) is 5.90. The van der Waals surface area contributed by atoms with Crippen LogP contribution in [0.2, 0.25) is 0 Å². The van der Waals surface area contributed by atoms with Crippen LogP contribution in [0.25, 0.3) is 0 Å². The summed E-state index contributed by atoms with van der Waals surface area (Å²) in [6.45, 7) is 10.3. The zero-order valence-corrected chi connectivity index (χ0v) is 12.5. The van der Waals surface area contributed by atoms with Gasteiger partial charge in [-0.2, -0.15) is 0 Å². The van der Waals surface area contributed by atoms with E-state index in [2.05, 4.69) is 35.7 Å². The third-order valence-corrected chi connectivity index (χ3v) is 3.89. The van der Waals surface area contributed by atoms with Gasteiger partial charge in [-0.1, -0.05) is 0 Å². The first-order valence-electron chi connectivity index (χ1n) is 6.83. The second-order valence-electron chi connectivity index (χ2n) is 5.77. The molecule has 18 heavy (non-hydrogen) atoms. The van der Waals surface area contributed by atoms with Gasteiger partial charge in [-0.05, 0) is 21.0 Å². The lowest BCUT2D eigenvalue weighted by atomic mass is 10.00. The molecule has 1 aliphatic rings. The van der Waals surface area contributed by atoms with Crippen LogP contribution in [0.1, 0.15) is 6.92 Å². The molecule has 5 nitrogen and oxygen atoms in total. The van der Waals surface area contributed by atoms with E-state index in [9.17, 15) is 0 Å². The highest BCUT2D eigenvalue weighted by molar-refractivity contribution is 4.90. The highest BCUT2D eigenvalue weighted by atomic mass is 16.5. The van der Waals surface area contributed by atoms with Crippen molar-refractivity contribution >= 4 is 0 Å². The van der Waals surface area contributed by atoms with Crippen LogP contribution in [0.15, 0.2) is 0 Å². The molecular formula is C13H30N4O. The van der Waals surface area contributed by atoms with E-state index in [1.165, 1.54) is 0 Å². The minimum Gasteiger partial charge on any atom is -0.383 e. The molecule has 1 rings (SSSR count). The van der Waals surface area contributed by atoms with Crippen LogP contribution in [0.4, 0.5) is 0 Å². The molecule has 0 spiro atoms. The van der Waals surface area contributed by atoms with Gasteiger partial charge in [-0.25, -0.2) is 0 Å². The minimum atomic E-state index is -0.0115. The van der Waals surface area contributed by atoms with Crippen molar-refractivity contribution in [1.82, 2.24) is 14.7 Å². The van der Waals surface area contributed by atoms with Gasteiger partial charge in [0.25, 0.3) is 0 Å². The van der Waals surface area contributed by atoms with Crippen LogP contribution in [-0.2, 0) is 4.74 Å². The Hall–Kier alpha value is -0.200. The first-order chi connectivity index (χ1) is 8.51. The van der Waals surface area contributed by atoms with Gasteiger partial charge in [-0.15, -0.1) is 0 Å². The Morgan fingerprint density at radius 3 is 2.28 bits per heavy atom. The summed E-state index contributed by atoms with van der Waals surface area (Å²) in [6.07, 6.45) is 0. The van der Waals surface area contributed by atoms with Crippen LogP contribution in [0.5, 0.6) is 0 Å². The van der Waals surface area contributed by atoms with Crippen molar-refractivity contribution in [2.45, 2.75) is 12.5 Å². The summed E-state index contributed by atoms with van der Waals surface area (Å²) in [6, 6.07) is 0. The van der Waals surface area contributed by atoms with Crippen molar-refractivity contribution in [3.05, 3.63) is 0 Å². The molecule has 0 aromatic rings. The molecule has 1 heterocycles. The highest BCUT2D eigenvalue weighted by Gasteiger charge is 2.32. The average molecular weight is 258 g/mol. The topological polar surface area (TPSA) is 45.0 Å². The van der Waals surface area contributed by atoms with Crippen molar-refractivity contribution in [2.24, 2.45) is 5.73 Å². The molecule has 0 aliphatic carbocycles. The molecule has 1 fully saturated rings. The Morgan fingerprint density at radius 2 is 1.83 bits per heavy atom. The van der Waals surface area contributed by atoms with Crippen molar-refractivity contribution < 1.29 is 4.74 Å². The molecule has 2 N–H and O–H groups in total. The van der Waals surface area contributed by atoms with Crippen LogP contribution in [-0.4, -0.2) is 93.9 Å². The highest BCUT2D eigenvalue weighted by Crippen LogP contribution is 2.16. The monoisotopic (exact) mass is 258 g/mol. The number of rotatable bonds is 7.